The molecule has 1 saturated carbocycles. The van der Waals surface area contributed by atoms with Crippen molar-refractivity contribution in [2.24, 2.45) is 0 Å². The van der Waals surface area contributed by atoms with Crippen molar-refractivity contribution in [2.75, 3.05) is 25.6 Å². The molecule has 1 amide bonds. The highest BCUT2D eigenvalue weighted by Crippen LogP contribution is 2.34. The molecular weight excluding hydrogens is 544 g/mol. The molecule has 228 valence electrons. The Morgan fingerprint density at radius 1 is 1.26 bits per heavy atom. The Morgan fingerprint density at radius 3 is 2.43 bits per heavy atom. The van der Waals surface area contributed by atoms with Crippen LogP contribution in [-0.2, 0) is 15.0 Å². The van der Waals surface area contributed by atoms with Crippen LogP contribution in [0.5, 0.6) is 5.75 Å². The molecule has 1 aliphatic carbocycles. The number of alkyl halides is 2. The SMILES string of the molecule is COc1cncc(C(C(=O)NC2CCC(F)(F)CC2)N(C)c2ccc(C(C)(C)C)cc2)c1.N#CN1CC(O)CC1C=O. The Balaban J connectivity index is 0.000000408. The van der Waals surface area contributed by atoms with Gasteiger partial charge in [-0.25, -0.2) is 8.78 Å². The minimum atomic E-state index is -2.64. The van der Waals surface area contributed by atoms with Crippen LogP contribution in [0.2, 0.25) is 0 Å². The van der Waals surface area contributed by atoms with Crippen LogP contribution >= 0.6 is 0 Å². The number of halogens is 2. The summed E-state index contributed by atoms with van der Waals surface area (Å²) < 4.78 is 32.4. The number of likely N-dealkylation sites (tertiary alicyclic amines) is 1. The molecule has 3 atom stereocenters. The molecule has 2 aliphatic rings. The molecular formula is C31H41F2N5O4. The Bertz CT molecular complexity index is 1240. The molecule has 0 radical (unpaired) electrons. The first-order valence-electron chi connectivity index (χ1n) is 14.1. The number of hydrogen-bond donors (Lipinski definition) is 2. The van der Waals surface area contributed by atoms with E-state index in [1.54, 1.807) is 25.6 Å². The number of aliphatic hydroxyl groups excluding tert-OH is 1. The van der Waals surface area contributed by atoms with E-state index in [1.165, 1.54) is 10.5 Å². The second kappa shape index (κ2) is 13.9. The summed E-state index contributed by atoms with van der Waals surface area (Å²) in [6.45, 7) is 6.74. The molecule has 1 aliphatic heterocycles. The molecule has 2 aromatic rings. The van der Waals surface area contributed by atoms with Crippen LogP contribution in [-0.4, -0.2) is 72.0 Å². The summed E-state index contributed by atoms with van der Waals surface area (Å²) >= 11 is 0. The van der Waals surface area contributed by atoms with Crippen molar-refractivity contribution in [1.82, 2.24) is 15.2 Å². The number of likely N-dealkylation sites (N-methyl/N-ethyl adjacent to an activating group) is 1. The third-order valence-electron chi connectivity index (χ3n) is 7.73. The number of hydrogen-bond acceptors (Lipinski definition) is 8. The number of amides is 1. The van der Waals surface area contributed by atoms with E-state index in [9.17, 15) is 18.4 Å². The van der Waals surface area contributed by atoms with Crippen LogP contribution < -0.4 is 15.0 Å². The molecule has 9 nitrogen and oxygen atoms in total. The lowest BCUT2D eigenvalue weighted by Gasteiger charge is -2.33. The lowest BCUT2D eigenvalue weighted by Crippen LogP contribution is -2.46. The minimum Gasteiger partial charge on any atom is -0.495 e. The molecule has 42 heavy (non-hydrogen) atoms. The second-order valence-corrected chi connectivity index (χ2v) is 12.0. The Morgan fingerprint density at radius 2 is 1.90 bits per heavy atom. The number of nitriles is 1. The third kappa shape index (κ3) is 8.61. The monoisotopic (exact) mass is 585 g/mol. The van der Waals surface area contributed by atoms with E-state index in [0.29, 0.717) is 30.6 Å². The van der Waals surface area contributed by atoms with E-state index in [4.69, 9.17) is 15.1 Å². The van der Waals surface area contributed by atoms with Crippen molar-refractivity contribution < 1.29 is 28.2 Å². The fourth-order valence-electron chi connectivity index (χ4n) is 5.14. The quantitative estimate of drug-likeness (QED) is 0.364. The second-order valence-electron chi connectivity index (χ2n) is 12.0. The van der Waals surface area contributed by atoms with Gasteiger partial charge >= 0.3 is 0 Å². The van der Waals surface area contributed by atoms with Crippen LogP contribution in [0.1, 0.15) is 70.0 Å². The smallest absolute Gasteiger partial charge is 0.248 e. The maximum absolute atomic E-state index is 13.5. The van der Waals surface area contributed by atoms with Crippen LogP contribution in [0.25, 0.3) is 0 Å². The number of aliphatic hydroxyl groups is 1. The Labute approximate surface area is 246 Å². The zero-order valence-electron chi connectivity index (χ0n) is 24.9. The number of methoxy groups -OCH3 is 1. The van der Waals surface area contributed by atoms with Gasteiger partial charge in [0.1, 0.15) is 18.1 Å². The molecule has 3 unspecified atom stereocenters. The number of benzene rings is 1. The predicted molar refractivity (Wildman–Crippen MR) is 155 cm³/mol. The zero-order valence-corrected chi connectivity index (χ0v) is 24.9. The normalized spacial score (nSPS) is 20.9. The topological polar surface area (TPSA) is 119 Å². The number of ether oxygens (including phenoxy) is 1. The van der Waals surface area contributed by atoms with Gasteiger partial charge in [-0.15, -0.1) is 0 Å². The highest BCUT2D eigenvalue weighted by molar-refractivity contribution is 5.87. The molecule has 11 heteroatoms. The summed E-state index contributed by atoms with van der Waals surface area (Å²) in [5.41, 5.74) is 2.76. The van der Waals surface area contributed by atoms with Gasteiger partial charge in [0, 0.05) is 49.8 Å². The van der Waals surface area contributed by atoms with Crippen molar-refractivity contribution >= 4 is 17.9 Å². The number of β-amino-alcohol motifs (C(OH)–C–C–N with tert-alkyl or cyclic N) is 1. The molecule has 0 bridgehead atoms. The summed E-state index contributed by atoms with van der Waals surface area (Å²) in [5.74, 6) is -2.32. The van der Waals surface area contributed by atoms with Crippen molar-refractivity contribution in [3.63, 3.8) is 0 Å². The van der Waals surface area contributed by atoms with Gasteiger partial charge in [0.15, 0.2) is 6.19 Å². The predicted octanol–water partition coefficient (Wildman–Crippen LogP) is 4.36. The molecule has 1 aromatic carbocycles. The maximum Gasteiger partial charge on any atom is 0.248 e. The van der Waals surface area contributed by atoms with Gasteiger partial charge in [-0.3, -0.25) is 14.7 Å². The number of carbonyl (C=O) groups excluding carboxylic acids is 2. The van der Waals surface area contributed by atoms with Crippen LogP contribution in [0.3, 0.4) is 0 Å². The first-order chi connectivity index (χ1) is 19.8. The fourth-order valence-corrected chi connectivity index (χ4v) is 5.14. The van der Waals surface area contributed by atoms with Crippen molar-refractivity contribution in [1.29, 1.82) is 5.26 Å². The zero-order chi connectivity index (χ0) is 31.1. The largest absolute Gasteiger partial charge is 0.495 e. The van der Waals surface area contributed by atoms with E-state index in [-0.39, 0.29) is 43.0 Å². The van der Waals surface area contributed by atoms with Gasteiger partial charge in [0.25, 0.3) is 0 Å². The van der Waals surface area contributed by atoms with Crippen molar-refractivity contribution in [2.45, 2.75) is 88.4 Å². The highest BCUT2D eigenvalue weighted by atomic mass is 19.3. The number of aldehydes is 1. The van der Waals surface area contributed by atoms with E-state index in [1.807, 2.05) is 30.3 Å². The lowest BCUT2D eigenvalue weighted by atomic mass is 9.87. The number of nitrogens with one attached hydrogen (secondary N) is 1. The van der Waals surface area contributed by atoms with Crippen LogP contribution in [0, 0.1) is 11.5 Å². The fraction of sp³-hybridized carbons (Fsp3) is 0.548. The van der Waals surface area contributed by atoms with E-state index in [0.717, 1.165) is 5.69 Å². The number of pyridine rings is 1. The number of nitrogens with zero attached hydrogens (tertiary/aromatic N) is 4. The van der Waals surface area contributed by atoms with Gasteiger partial charge in [-0.1, -0.05) is 32.9 Å². The molecule has 1 saturated heterocycles. The number of rotatable bonds is 7. The molecule has 4 rings (SSSR count). The average molecular weight is 586 g/mol. The summed E-state index contributed by atoms with van der Waals surface area (Å²) in [7, 11) is 3.40. The summed E-state index contributed by atoms with van der Waals surface area (Å²) in [6, 6.07) is 8.56. The first-order valence-corrected chi connectivity index (χ1v) is 14.1. The Kier molecular flexibility index (Phi) is 10.9. The van der Waals surface area contributed by atoms with E-state index in [2.05, 4.69) is 43.2 Å². The standard InChI is InChI=1S/C25H33F2N3O2.C6H8N2O2/c1-24(2,3)18-6-8-20(9-7-18)30(4)22(17-14-21(32-5)16-28-15-17)23(31)29-19-10-12-25(26,27)13-11-19;7-4-8-2-6(10)1-5(8)3-9/h6-9,14-16,19,22H,10-13H2,1-5H3,(H,29,31);3,5-6,10H,1-2H2. The van der Waals surface area contributed by atoms with E-state index >= 15 is 0 Å². The first kappa shape index (κ1) is 32.7. The highest BCUT2D eigenvalue weighted by Gasteiger charge is 2.37. The number of anilines is 1. The number of aromatic nitrogens is 1. The molecule has 0 spiro atoms. The van der Waals surface area contributed by atoms with Crippen LogP contribution in [0.15, 0.2) is 42.7 Å². The average Bonchev–Trinajstić information content (AvgIpc) is 3.34. The molecule has 2 fully saturated rings. The number of carbonyl (C=O) groups is 2. The van der Waals surface area contributed by atoms with Crippen molar-refractivity contribution in [3.8, 4) is 11.9 Å². The van der Waals surface area contributed by atoms with E-state index < -0.39 is 24.1 Å². The van der Waals surface area contributed by atoms with Gasteiger partial charge < -0.3 is 24.9 Å². The van der Waals surface area contributed by atoms with Gasteiger partial charge in [0.05, 0.1) is 32.0 Å². The van der Waals surface area contributed by atoms with Gasteiger partial charge in [-0.05, 0) is 42.0 Å². The summed E-state index contributed by atoms with van der Waals surface area (Å²) in [5, 5.41) is 20.4. The van der Waals surface area contributed by atoms with Gasteiger partial charge in [0.2, 0.25) is 11.8 Å². The lowest BCUT2D eigenvalue weighted by molar-refractivity contribution is -0.124. The third-order valence-corrected chi connectivity index (χ3v) is 7.73. The van der Waals surface area contributed by atoms with Crippen molar-refractivity contribution in [3.05, 3.63) is 53.9 Å². The van der Waals surface area contributed by atoms with Gasteiger partial charge in [-0.2, -0.15) is 5.26 Å². The molecule has 2 N–H and O–H groups in total. The van der Waals surface area contributed by atoms with Crippen LogP contribution in [0.4, 0.5) is 14.5 Å². The molecule has 1 aromatic heterocycles. The Hall–Kier alpha value is -3.78. The maximum atomic E-state index is 13.5. The summed E-state index contributed by atoms with van der Waals surface area (Å²) in [6.07, 6.45) is 5.76. The summed E-state index contributed by atoms with van der Waals surface area (Å²) in [4.78, 5) is 31.0. The minimum absolute atomic E-state index is 0.0215. The molecule has 2 heterocycles.